The molecule has 1 atom stereocenters. The predicted molar refractivity (Wildman–Crippen MR) is 66.9 cm³/mol. The molecule has 1 aliphatic heterocycles. The SMILES string of the molecule is Nc1cc(N2CCOC(CO)C2)ccc1C(=O)O. The quantitative estimate of drug-likeness (QED) is 0.663. The first kappa shape index (κ1) is 12.7. The lowest BCUT2D eigenvalue weighted by molar-refractivity contribution is 0.00357. The zero-order valence-corrected chi connectivity index (χ0v) is 9.87. The van der Waals surface area contributed by atoms with E-state index in [9.17, 15) is 4.79 Å². The number of aliphatic hydroxyl groups excluding tert-OH is 1. The van der Waals surface area contributed by atoms with Gasteiger partial charge in [-0.2, -0.15) is 0 Å². The third-order valence-electron chi connectivity index (χ3n) is 2.97. The van der Waals surface area contributed by atoms with Crippen LogP contribution in [-0.2, 0) is 4.74 Å². The van der Waals surface area contributed by atoms with Gasteiger partial charge in [-0.15, -0.1) is 0 Å². The molecule has 1 saturated heterocycles. The number of carboxylic acid groups (broad SMARTS) is 1. The van der Waals surface area contributed by atoms with Crippen LogP contribution in [0.5, 0.6) is 0 Å². The number of anilines is 2. The first-order valence-corrected chi connectivity index (χ1v) is 5.72. The van der Waals surface area contributed by atoms with Gasteiger partial charge in [-0.3, -0.25) is 0 Å². The van der Waals surface area contributed by atoms with E-state index in [1.807, 2.05) is 4.90 Å². The average Bonchev–Trinajstić information content (AvgIpc) is 2.38. The molecule has 18 heavy (non-hydrogen) atoms. The lowest BCUT2D eigenvalue weighted by Crippen LogP contribution is -2.44. The van der Waals surface area contributed by atoms with E-state index < -0.39 is 5.97 Å². The standard InChI is InChI=1S/C12H16N2O4/c13-11-5-8(1-2-10(11)12(16)17)14-3-4-18-9(6-14)7-15/h1-2,5,9,15H,3-4,6-7,13H2,(H,16,17). The first-order valence-electron chi connectivity index (χ1n) is 5.72. The molecule has 0 amide bonds. The van der Waals surface area contributed by atoms with Crippen LogP contribution < -0.4 is 10.6 Å². The van der Waals surface area contributed by atoms with Crippen LogP contribution in [0.2, 0.25) is 0 Å². The highest BCUT2D eigenvalue weighted by Crippen LogP contribution is 2.23. The van der Waals surface area contributed by atoms with Crippen molar-refractivity contribution in [3.63, 3.8) is 0 Å². The van der Waals surface area contributed by atoms with Crippen LogP contribution in [0, 0.1) is 0 Å². The highest BCUT2D eigenvalue weighted by Gasteiger charge is 2.20. The number of nitrogens with zero attached hydrogens (tertiary/aromatic N) is 1. The van der Waals surface area contributed by atoms with Gasteiger partial charge < -0.3 is 25.6 Å². The van der Waals surface area contributed by atoms with Gasteiger partial charge in [0.1, 0.15) is 0 Å². The number of carboxylic acids is 1. The Morgan fingerprint density at radius 1 is 1.56 bits per heavy atom. The fourth-order valence-corrected chi connectivity index (χ4v) is 2.01. The van der Waals surface area contributed by atoms with E-state index >= 15 is 0 Å². The summed E-state index contributed by atoms with van der Waals surface area (Å²) in [6, 6.07) is 4.86. The molecule has 1 heterocycles. The summed E-state index contributed by atoms with van der Waals surface area (Å²) in [5.41, 5.74) is 6.90. The summed E-state index contributed by atoms with van der Waals surface area (Å²) in [6.07, 6.45) is -0.209. The molecular formula is C12H16N2O4. The Labute approximate surface area is 105 Å². The van der Waals surface area contributed by atoms with E-state index in [1.165, 1.54) is 6.07 Å². The number of hydrogen-bond acceptors (Lipinski definition) is 5. The van der Waals surface area contributed by atoms with Crippen molar-refractivity contribution in [2.24, 2.45) is 0 Å². The topological polar surface area (TPSA) is 96.0 Å². The molecule has 0 spiro atoms. The molecule has 1 aliphatic rings. The van der Waals surface area contributed by atoms with Crippen molar-refractivity contribution in [3.05, 3.63) is 23.8 Å². The number of nitrogens with two attached hydrogens (primary N) is 1. The van der Waals surface area contributed by atoms with Gasteiger partial charge in [0.15, 0.2) is 0 Å². The maximum atomic E-state index is 10.9. The number of aromatic carboxylic acids is 1. The Morgan fingerprint density at radius 3 is 2.94 bits per heavy atom. The number of morpholine rings is 1. The van der Waals surface area contributed by atoms with E-state index in [2.05, 4.69) is 0 Å². The smallest absolute Gasteiger partial charge is 0.337 e. The molecule has 98 valence electrons. The van der Waals surface area contributed by atoms with Crippen LogP contribution in [0.3, 0.4) is 0 Å². The van der Waals surface area contributed by atoms with Crippen LogP contribution in [-0.4, -0.2) is 48.6 Å². The van der Waals surface area contributed by atoms with Gasteiger partial charge in [-0.05, 0) is 18.2 Å². The van der Waals surface area contributed by atoms with Crippen LogP contribution >= 0.6 is 0 Å². The second-order valence-corrected chi connectivity index (χ2v) is 4.20. The molecule has 1 aromatic rings. The molecular weight excluding hydrogens is 236 g/mol. The van der Waals surface area contributed by atoms with Gasteiger partial charge in [0.05, 0.1) is 24.9 Å². The van der Waals surface area contributed by atoms with Crippen molar-refractivity contribution >= 4 is 17.3 Å². The third-order valence-corrected chi connectivity index (χ3v) is 2.97. The number of ether oxygens (including phenoxy) is 1. The maximum Gasteiger partial charge on any atom is 0.337 e. The van der Waals surface area contributed by atoms with Crippen molar-refractivity contribution in [1.82, 2.24) is 0 Å². The molecule has 6 heteroatoms. The second-order valence-electron chi connectivity index (χ2n) is 4.20. The number of carbonyl (C=O) groups is 1. The van der Waals surface area contributed by atoms with Crippen molar-refractivity contribution in [2.75, 3.05) is 36.9 Å². The molecule has 0 bridgehead atoms. The van der Waals surface area contributed by atoms with E-state index in [-0.39, 0.29) is 24.0 Å². The average molecular weight is 252 g/mol. The van der Waals surface area contributed by atoms with Crippen molar-refractivity contribution in [3.8, 4) is 0 Å². The number of aliphatic hydroxyl groups is 1. The van der Waals surface area contributed by atoms with Gasteiger partial charge in [0.2, 0.25) is 0 Å². The molecule has 0 radical (unpaired) electrons. The van der Waals surface area contributed by atoms with E-state index in [1.54, 1.807) is 12.1 Å². The summed E-state index contributed by atoms with van der Waals surface area (Å²) in [4.78, 5) is 12.9. The summed E-state index contributed by atoms with van der Waals surface area (Å²) in [6.45, 7) is 1.77. The van der Waals surface area contributed by atoms with Gasteiger partial charge in [0.25, 0.3) is 0 Å². The molecule has 6 nitrogen and oxygen atoms in total. The lowest BCUT2D eigenvalue weighted by Gasteiger charge is -2.33. The van der Waals surface area contributed by atoms with Crippen molar-refractivity contribution in [2.45, 2.75) is 6.10 Å². The Morgan fingerprint density at radius 2 is 2.33 bits per heavy atom. The third kappa shape index (κ3) is 2.55. The summed E-state index contributed by atoms with van der Waals surface area (Å²) in [7, 11) is 0. The number of hydrogen-bond donors (Lipinski definition) is 3. The molecule has 0 aromatic heterocycles. The lowest BCUT2D eigenvalue weighted by atomic mass is 10.1. The van der Waals surface area contributed by atoms with E-state index in [0.29, 0.717) is 19.7 Å². The van der Waals surface area contributed by atoms with Gasteiger partial charge in [0, 0.05) is 24.5 Å². The molecule has 2 rings (SSSR count). The second kappa shape index (κ2) is 5.24. The van der Waals surface area contributed by atoms with Gasteiger partial charge in [-0.1, -0.05) is 0 Å². The van der Waals surface area contributed by atoms with Gasteiger partial charge in [-0.25, -0.2) is 4.79 Å². The highest BCUT2D eigenvalue weighted by atomic mass is 16.5. The predicted octanol–water partition coefficient (Wildman–Crippen LogP) is 0.164. The van der Waals surface area contributed by atoms with Crippen molar-refractivity contribution < 1.29 is 19.7 Å². The first-order chi connectivity index (χ1) is 8.61. The Kier molecular flexibility index (Phi) is 3.69. The van der Waals surface area contributed by atoms with E-state index in [4.69, 9.17) is 20.7 Å². The molecule has 1 fully saturated rings. The number of nitrogen functional groups attached to an aromatic ring is 1. The molecule has 0 aliphatic carbocycles. The summed E-state index contributed by atoms with van der Waals surface area (Å²) < 4.78 is 5.35. The molecule has 1 unspecified atom stereocenters. The number of benzene rings is 1. The zero-order valence-electron chi connectivity index (χ0n) is 9.87. The summed E-state index contributed by atoms with van der Waals surface area (Å²) in [5, 5.41) is 18.0. The monoisotopic (exact) mass is 252 g/mol. The Hall–Kier alpha value is -1.79. The molecule has 0 saturated carbocycles. The fraction of sp³-hybridized carbons (Fsp3) is 0.417. The Balaban J connectivity index is 2.18. The zero-order chi connectivity index (χ0) is 13.1. The highest BCUT2D eigenvalue weighted by molar-refractivity contribution is 5.94. The minimum atomic E-state index is -1.03. The minimum Gasteiger partial charge on any atom is -0.478 e. The van der Waals surface area contributed by atoms with Gasteiger partial charge >= 0.3 is 5.97 Å². The molecule has 1 aromatic carbocycles. The summed E-state index contributed by atoms with van der Waals surface area (Å²) >= 11 is 0. The fourth-order valence-electron chi connectivity index (χ4n) is 2.01. The van der Waals surface area contributed by atoms with Crippen LogP contribution in [0.4, 0.5) is 11.4 Å². The van der Waals surface area contributed by atoms with Crippen LogP contribution in [0.15, 0.2) is 18.2 Å². The maximum absolute atomic E-state index is 10.9. The van der Waals surface area contributed by atoms with Crippen LogP contribution in [0.25, 0.3) is 0 Å². The number of rotatable bonds is 3. The van der Waals surface area contributed by atoms with Crippen LogP contribution in [0.1, 0.15) is 10.4 Å². The van der Waals surface area contributed by atoms with Crippen molar-refractivity contribution in [1.29, 1.82) is 0 Å². The minimum absolute atomic E-state index is 0.0286. The van der Waals surface area contributed by atoms with E-state index in [0.717, 1.165) is 5.69 Å². The summed E-state index contributed by atoms with van der Waals surface area (Å²) in [5.74, 6) is -1.03. The Bertz CT molecular complexity index is 450. The normalized spacial score (nSPS) is 19.8. The largest absolute Gasteiger partial charge is 0.478 e. The molecule has 4 N–H and O–H groups in total.